The van der Waals surface area contributed by atoms with E-state index < -0.39 is 27.5 Å². The van der Waals surface area contributed by atoms with E-state index in [1.165, 1.54) is 0 Å². The number of rotatable bonds is 7. The van der Waals surface area contributed by atoms with Crippen LogP contribution in [0.15, 0.2) is 30.5 Å². The van der Waals surface area contributed by atoms with Crippen LogP contribution in [0.2, 0.25) is 0 Å². The number of fused-ring (bicyclic) bond motifs is 1. The molecule has 0 aliphatic rings. The predicted molar refractivity (Wildman–Crippen MR) is 91.7 cm³/mol. The van der Waals surface area contributed by atoms with Crippen molar-refractivity contribution in [3.05, 3.63) is 30.5 Å². The lowest BCUT2D eigenvalue weighted by Crippen LogP contribution is -2.26. The first kappa shape index (κ1) is 18.0. The van der Waals surface area contributed by atoms with Crippen LogP contribution in [-0.4, -0.2) is 41.5 Å². The van der Waals surface area contributed by atoms with E-state index in [-0.39, 0.29) is 18.2 Å². The van der Waals surface area contributed by atoms with Gasteiger partial charge in [-0.05, 0) is 30.2 Å². The number of carbonyl (C=O) groups is 2. The monoisotopic (exact) mass is 352 g/mol. The Morgan fingerprint density at radius 1 is 1.25 bits per heavy atom. The van der Waals surface area contributed by atoms with Gasteiger partial charge in [-0.3, -0.25) is 9.59 Å². The Balaban J connectivity index is 2.10. The SMILES string of the molecule is CC(C)CS(=O)(=O)CC(=O)Nc1ccc2c(ccn2CC(=O)O)c1. The number of sulfone groups is 1. The van der Waals surface area contributed by atoms with Crippen molar-refractivity contribution in [2.45, 2.75) is 20.4 Å². The van der Waals surface area contributed by atoms with Crippen molar-refractivity contribution in [2.75, 3.05) is 16.8 Å². The van der Waals surface area contributed by atoms with E-state index >= 15 is 0 Å². The molecule has 0 saturated carbocycles. The van der Waals surface area contributed by atoms with Crippen LogP contribution >= 0.6 is 0 Å². The lowest BCUT2D eigenvalue weighted by atomic mass is 10.2. The van der Waals surface area contributed by atoms with Crippen LogP contribution in [0.3, 0.4) is 0 Å². The molecule has 0 spiro atoms. The molecule has 0 saturated heterocycles. The Labute approximate surface area is 140 Å². The van der Waals surface area contributed by atoms with Gasteiger partial charge in [0.1, 0.15) is 12.3 Å². The summed E-state index contributed by atoms with van der Waals surface area (Å²) in [7, 11) is -3.43. The number of benzene rings is 1. The molecule has 2 N–H and O–H groups in total. The van der Waals surface area contributed by atoms with Crippen LogP contribution in [-0.2, 0) is 26.0 Å². The Kier molecular flexibility index (Phi) is 5.28. The summed E-state index contributed by atoms with van der Waals surface area (Å²) >= 11 is 0. The molecule has 0 unspecified atom stereocenters. The van der Waals surface area contributed by atoms with Crippen LogP contribution in [0.5, 0.6) is 0 Å². The molecule has 8 heteroatoms. The van der Waals surface area contributed by atoms with Gasteiger partial charge in [0.05, 0.1) is 5.75 Å². The molecule has 1 aromatic heterocycles. The minimum Gasteiger partial charge on any atom is -0.480 e. The Morgan fingerprint density at radius 3 is 2.58 bits per heavy atom. The molecular formula is C16H20N2O5S. The minimum atomic E-state index is -3.43. The molecule has 7 nitrogen and oxygen atoms in total. The molecule has 0 aliphatic carbocycles. The van der Waals surface area contributed by atoms with Crippen molar-refractivity contribution in [2.24, 2.45) is 5.92 Å². The van der Waals surface area contributed by atoms with Crippen LogP contribution in [0.25, 0.3) is 10.9 Å². The molecule has 2 rings (SSSR count). The fourth-order valence-corrected chi connectivity index (χ4v) is 4.13. The van der Waals surface area contributed by atoms with Crippen LogP contribution < -0.4 is 5.32 Å². The van der Waals surface area contributed by atoms with Gasteiger partial charge >= 0.3 is 5.97 Å². The first-order valence-electron chi connectivity index (χ1n) is 7.47. The summed E-state index contributed by atoms with van der Waals surface area (Å²) in [5.74, 6) is -2.14. The number of hydrogen-bond acceptors (Lipinski definition) is 4. The number of nitrogens with one attached hydrogen (secondary N) is 1. The smallest absolute Gasteiger partial charge is 0.323 e. The second kappa shape index (κ2) is 7.04. The third kappa shape index (κ3) is 4.82. The summed E-state index contributed by atoms with van der Waals surface area (Å²) in [6, 6.07) is 6.73. The molecule has 0 aliphatic heterocycles. The van der Waals surface area contributed by atoms with Gasteiger partial charge in [-0.1, -0.05) is 13.8 Å². The van der Waals surface area contributed by atoms with E-state index in [4.69, 9.17) is 5.11 Å². The van der Waals surface area contributed by atoms with Gasteiger partial charge in [-0.2, -0.15) is 0 Å². The molecule has 0 fully saturated rings. The highest BCUT2D eigenvalue weighted by Crippen LogP contribution is 2.20. The highest BCUT2D eigenvalue weighted by atomic mass is 32.2. The number of amides is 1. The van der Waals surface area contributed by atoms with Crippen molar-refractivity contribution in [3.63, 3.8) is 0 Å². The zero-order chi connectivity index (χ0) is 17.9. The van der Waals surface area contributed by atoms with E-state index in [0.29, 0.717) is 5.69 Å². The van der Waals surface area contributed by atoms with Gasteiger partial charge in [0, 0.05) is 22.8 Å². The highest BCUT2D eigenvalue weighted by Gasteiger charge is 2.18. The fourth-order valence-electron chi connectivity index (χ4n) is 2.53. The van der Waals surface area contributed by atoms with E-state index in [2.05, 4.69) is 5.32 Å². The summed E-state index contributed by atoms with van der Waals surface area (Å²) in [5.41, 5.74) is 1.20. The Morgan fingerprint density at radius 2 is 1.96 bits per heavy atom. The number of hydrogen-bond donors (Lipinski definition) is 2. The predicted octanol–water partition coefficient (Wildman–Crippen LogP) is 1.74. The molecule has 1 aromatic carbocycles. The molecular weight excluding hydrogens is 332 g/mol. The number of nitrogens with zero attached hydrogens (tertiary/aromatic N) is 1. The standard InChI is InChI=1S/C16H20N2O5S/c1-11(2)9-24(22,23)10-15(19)17-13-3-4-14-12(7-13)5-6-18(14)8-16(20)21/h3-7,11H,8-10H2,1-2H3,(H,17,19)(H,20,21). The van der Waals surface area contributed by atoms with E-state index in [1.807, 2.05) is 0 Å². The number of anilines is 1. The van der Waals surface area contributed by atoms with Gasteiger partial charge in [0.25, 0.3) is 0 Å². The summed E-state index contributed by atoms with van der Waals surface area (Å²) in [6.07, 6.45) is 1.65. The molecule has 130 valence electrons. The topological polar surface area (TPSA) is 105 Å². The number of carboxylic acids is 1. The maximum Gasteiger partial charge on any atom is 0.323 e. The van der Waals surface area contributed by atoms with E-state index in [1.54, 1.807) is 48.9 Å². The largest absolute Gasteiger partial charge is 0.480 e. The molecule has 1 heterocycles. The quantitative estimate of drug-likeness (QED) is 0.789. The van der Waals surface area contributed by atoms with Gasteiger partial charge in [0.15, 0.2) is 9.84 Å². The lowest BCUT2D eigenvalue weighted by molar-refractivity contribution is -0.137. The second-order valence-corrected chi connectivity index (χ2v) is 8.22. The number of aliphatic carboxylic acids is 1. The van der Waals surface area contributed by atoms with Crippen LogP contribution in [0.4, 0.5) is 5.69 Å². The zero-order valence-electron chi connectivity index (χ0n) is 13.5. The van der Waals surface area contributed by atoms with Gasteiger partial charge < -0.3 is 15.0 Å². The summed E-state index contributed by atoms with van der Waals surface area (Å²) in [4.78, 5) is 22.7. The molecule has 0 radical (unpaired) electrons. The first-order valence-corrected chi connectivity index (χ1v) is 9.29. The molecule has 0 bridgehead atoms. The van der Waals surface area contributed by atoms with Crippen molar-refractivity contribution in [1.29, 1.82) is 0 Å². The average Bonchev–Trinajstić information content (AvgIpc) is 2.78. The summed E-state index contributed by atoms with van der Waals surface area (Å²) < 4.78 is 25.3. The van der Waals surface area contributed by atoms with Crippen molar-refractivity contribution >= 4 is 38.3 Å². The number of carboxylic acid groups (broad SMARTS) is 1. The van der Waals surface area contributed by atoms with E-state index in [0.717, 1.165) is 10.9 Å². The van der Waals surface area contributed by atoms with Gasteiger partial charge in [-0.15, -0.1) is 0 Å². The Bertz CT molecular complexity index is 868. The summed E-state index contributed by atoms with van der Waals surface area (Å²) in [6.45, 7) is 3.42. The zero-order valence-corrected chi connectivity index (χ0v) is 14.3. The normalized spacial score (nSPS) is 11.8. The fraction of sp³-hybridized carbons (Fsp3) is 0.375. The van der Waals surface area contributed by atoms with Gasteiger partial charge in [-0.25, -0.2) is 8.42 Å². The number of aromatic nitrogens is 1. The third-order valence-electron chi connectivity index (χ3n) is 3.30. The third-order valence-corrected chi connectivity index (χ3v) is 5.18. The number of carbonyl (C=O) groups excluding carboxylic acids is 1. The second-order valence-electron chi connectivity index (χ2n) is 6.11. The minimum absolute atomic E-state index is 0.0303. The van der Waals surface area contributed by atoms with E-state index in [9.17, 15) is 18.0 Å². The average molecular weight is 352 g/mol. The van der Waals surface area contributed by atoms with Gasteiger partial charge in [0.2, 0.25) is 5.91 Å². The molecule has 2 aromatic rings. The lowest BCUT2D eigenvalue weighted by Gasteiger charge is -2.08. The van der Waals surface area contributed by atoms with Crippen molar-refractivity contribution < 1.29 is 23.1 Å². The van der Waals surface area contributed by atoms with Crippen LogP contribution in [0, 0.1) is 5.92 Å². The Hall–Kier alpha value is -2.35. The summed E-state index contributed by atoms with van der Waals surface area (Å²) in [5, 5.41) is 12.2. The molecule has 1 amide bonds. The maximum absolute atomic E-state index is 11.9. The van der Waals surface area contributed by atoms with Crippen molar-refractivity contribution in [3.8, 4) is 0 Å². The highest BCUT2D eigenvalue weighted by molar-refractivity contribution is 7.92. The van der Waals surface area contributed by atoms with Crippen LogP contribution in [0.1, 0.15) is 13.8 Å². The first-order chi connectivity index (χ1) is 11.2. The molecule has 0 atom stereocenters. The molecule has 24 heavy (non-hydrogen) atoms. The maximum atomic E-state index is 11.9. The van der Waals surface area contributed by atoms with Crippen molar-refractivity contribution in [1.82, 2.24) is 4.57 Å².